The SMILES string of the molecule is COCCNc1nnc(SCC(=O)Nc2ccccc2C(=O)NC2CC2)s1. The minimum absolute atomic E-state index is 0.156. The maximum atomic E-state index is 12.3. The van der Waals surface area contributed by atoms with Gasteiger partial charge in [-0.05, 0) is 25.0 Å². The van der Waals surface area contributed by atoms with E-state index >= 15 is 0 Å². The van der Waals surface area contributed by atoms with Gasteiger partial charge in [0.2, 0.25) is 11.0 Å². The predicted molar refractivity (Wildman–Crippen MR) is 107 cm³/mol. The highest BCUT2D eigenvalue weighted by Crippen LogP contribution is 2.26. The van der Waals surface area contributed by atoms with Gasteiger partial charge < -0.3 is 20.7 Å². The van der Waals surface area contributed by atoms with Gasteiger partial charge >= 0.3 is 0 Å². The van der Waals surface area contributed by atoms with E-state index in [-0.39, 0.29) is 23.6 Å². The molecule has 0 unspecified atom stereocenters. The van der Waals surface area contributed by atoms with Gasteiger partial charge in [-0.15, -0.1) is 10.2 Å². The third-order valence-electron chi connectivity index (χ3n) is 3.67. The van der Waals surface area contributed by atoms with Crippen LogP contribution in [0.25, 0.3) is 0 Å². The van der Waals surface area contributed by atoms with Gasteiger partial charge in [0.25, 0.3) is 5.91 Å². The van der Waals surface area contributed by atoms with E-state index in [4.69, 9.17) is 4.74 Å². The second-order valence-corrected chi connectivity index (χ2v) is 8.12. The molecule has 144 valence electrons. The lowest BCUT2D eigenvalue weighted by Crippen LogP contribution is -2.27. The molecule has 0 aliphatic heterocycles. The van der Waals surface area contributed by atoms with Crippen LogP contribution >= 0.6 is 23.1 Å². The summed E-state index contributed by atoms with van der Waals surface area (Å²) in [6.07, 6.45) is 2.03. The first kappa shape index (κ1) is 19.6. The summed E-state index contributed by atoms with van der Waals surface area (Å²) in [6.45, 7) is 1.23. The third-order valence-corrected chi connectivity index (χ3v) is 5.69. The van der Waals surface area contributed by atoms with Gasteiger partial charge in [0, 0.05) is 19.7 Å². The van der Waals surface area contributed by atoms with Gasteiger partial charge in [-0.3, -0.25) is 9.59 Å². The van der Waals surface area contributed by atoms with Crippen molar-refractivity contribution in [2.45, 2.75) is 23.2 Å². The predicted octanol–water partition coefficient (Wildman–Crippen LogP) is 2.22. The average Bonchev–Trinajstić information content (AvgIpc) is 3.36. The minimum atomic E-state index is -0.198. The molecule has 27 heavy (non-hydrogen) atoms. The quantitative estimate of drug-likeness (QED) is 0.410. The molecular weight excluding hydrogens is 386 g/mol. The average molecular weight is 408 g/mol. The van der Waals surface area contributed by atoms with Crippen molar-refractivity contribution in [1.29, 1.82) is 0 Å². The number of amides is 2. The van der Waals surface area contributed by atoms with Crippen LogP contribution in [0.15, 0.2) is 28.6 Å². The summed E-state index contributed by atoms with van der Waals surface area (Å²) in [4.78, 5) is 24.6. The zero-order valence-corrected chi connectivity index (χ0v) is 16.5. The Bertz CT molecular complexity index is 794. The van der Waals surface area contributed by atoms with Crippen LogP contribution < -0.4 is 16.0 Å². The van der Waals surface area contributed by atoms with E-state index in [9.17, 15) is 9.59 Å². The van der Waals surface area contributed by atoms with Crippen molar-refractivity contribution in [3.05, 3.63) is 29.8 Å². The maximum absolute atomic E-state index is 12.3. The molecule has 10 heteroatoms. The van der Waals surface area contributed by atoms with Crippen LogP contribution in [-0.2, 0) is 9.53 Å². The molecule has 0 spiro atoms. The molecular formula is C17H21N5O3S2. The van der Waals surface area contributed by atoms with Crippen molar-refractivity contribution < 1.29 is 14.3 Å². The Kier molecular flexibility index (Phi) is 7.02. The maximum Gasteiger partial charge on any atom is 0.253 e. The van der Waals surface area contributed by atoms with Crippen molar-refractivity contribution in [2.75, 3.05) is 36.6 Å². The number of hydrogen-bond donors (Lipinski definition) is 3. The number of carbonyl (C=O) groups is 2. The lowest BCUT2D eigenvalue weighted by molar-refractivity contribution is -0.113. The molecule has 8 nitrogen and oxygen atoms in total. The summed E-state index contributed by atoms with van der Waals surface area (Å²) in [5, 5.41) is 17.6. The summed E-state index contributed by atoms with van der Waals surface area (Å²) in [5.74, 6) is -0.168. The largest absolute Gasteiger partial charge is 0.383 e. The van der Waals surface area contributed by atoms with Crippen molar-refractivity contribution >= 4 is 45.7 Å². The molecule has 1 saturated carbocycles. The molecule has 0 radical (unpaired) electrons. The van der Waals surface area contributed by atoms with Crippen LogP contribution in [0.4, 0.5) is 10.8 Å². The minimum Gasteiger partial charge on any atom is -0.383 e. The van der Waals surface area contributed by atoms with Crippen molar-refractivity contribution in [3.63, 3.8) is 0 Å². The lowest BCUT2D eigenvalue weighted by atomic mass is 10.1. The highest BCUT2D eigenvalue weighted by Gasteiger charge is 2.25. The standard InChI is InChI=1S/C17H21N5O3S2/c1-25-9-8-18-16-21-22-17(27-16)26-10-14(23)20-13-5-3-2-4-12(13)15(24)19-11-6-7-11/h2-5,11H,6-10H2,1H3,(H,18,21)(H,19,24)(H,20,23). The van der Waals surface area contributed by atoms with Crippen LogP contribution in [0.3, 0.4) is 0 Å². The second kappa shape index (κ2) is 9.67. The van der Waals surface area contributed by atoms with Crippen molar-refractivity contribution in [3.8, 4) is 0 Å². The van der Waals surface area contributed by atoms with E-state index in [1.54, 1.807) is 31.4 Å². The first-order valence-electron chi connectivity index (χ1n) is 8.54. The summed E-state index contributed by atoms with van der Waals surface area (Å²) < 4.78 is 5.66. The molecule has 1 aromatic carbocycles. The highest BCUT2D eigenvalue weighted by atomic mass is 32.2. The number of thioether (sulfide) groups is 1. The Hall–Kier alpha value is -2.17. The molecule has 0 atom stereocenters. The molecule has 1 aliphatic carbocycles. The van der Waals surface area contributed by atoms with Gasteiger partial charge in [0.05, 0.1) is 23.6 Å². The fourth-order valence-electron chi connectivity index (χ4n) is 2.19. The smallest absolute Gasteiger partial charge is 0.253 e. The number of nitrogens with zero attached hydrogens (tertiary/aromatic N) is 2. The van der Waals surface area contributed by atoms with Gasteiger partial charge in [-0.1, -0.05) is 35.2 Å². The molecule has 1 aliphatic rings. The number of rotatable bonds is 10. The number of ether oxygens (including phenoxy) is 1. The summed E-state index contributed by atoms with van der Waals surface area (Å²) in [6, 6.07) is 7.28. The zero-order valence-electron chi connectivity index (χ0n) is 14.9. The van der Waals surface area contributed by atoms with Gasteiger partial charge in [0.1, 0.15) is 0 Å². The lowest BCUT2D eigenvalue weighted by Gasteiger charge is -2.10. The molecule has 1 fully saturated rings. The van der Waals surface area contributed by atoms with E-state index in [1.807, 2.05) is 0 Å². The molecule has 0 bridgehead atoms. The van der Waals surface area contributed by atoms with Crippen LogP contribution in [0, 0.1) is 0 Å². The first-order valence-corrected chi connectivity index (χ1v) is 10.3. The highest BCUT2D eigenvalue weighted by molar-refractivity contribution is 8.01. The molecule has 0 saturated heterocycles. The van der Waals surface area contributed by atoms with Crippen LogP contribution in [-0.4, -0.2) is 54.1 Å². The Balaban J connectivity index is 1.50. The number of carbonyl (C=O) groups excluding carboxylic acids is 2. The number of para-hydroxylation sites is 1. The Morgan fingerprint density at radius 1 is 1.30 bits per heavy atom. The van der Waals surface area contributed by atoms with Gasteiger partial charge in [-0.25, -0.2) is 0 Å². The van der Waals surface area contributed by atoms with Crippen LogP contribution in [0.5, 0.6) is 0 Å². The summed E-state index contributed by atoms with van der Waals surface area (Å²) in [7, 11) is 1.63. The number of aromatic nitrogens is 2. The van der Waals surface area contributed by atoms with E-state index in [2.05, 4.69) is 26.1 Å². The Labute approximate surface area is 165 Å². The molecule has 3 N–H and O–H groups in total. The number of methoxy groups -OCH3 is 1. The Morgan fingerprint density at radius 2 is 2.11 bits per heavy atom. The van der Waals surface area contributed by atoms with Gasteiger partial charge in [-0.2, -0.15) is 0 Å². The summed E-state index contributed by atoms with van der Waals surface area (Å²) >= 11 is 2.69. The van der Waals surface area contributed by atoms with Crippen molar-refractivity contribution in [1.82, 2.24) is 15.5 Å². The molecule has 1 heterocycles. The number of hydrogen-bond acceptors (Lipinski definition) is 8. The topological polar surface area (TPSA) is 105 Å². The third kappa shape index (κ3) is 6.19. The molecule has 1 aromatic heterocycles. The fourth-order valence-corrected chi connectivity index (χ4v) is 3.77. The zero-order chi connectivity index (χ0) is 19.1. The van der Waals surface area contributed by atoms with E-state index < -0.39 is 0 Å². The van der Waals surface area contributed by atoms with Crippen LogP contribution in [0.1, 0.15) is 23.2 Å². The van der Waals surface area contributed by atoms with E-state index in [0.717, 1.165) is 12.8 Å². The molecule has 2 amide bonds. The number of anilines is 2. The molecule has 3 rings (SSSR count). The van der Waals surface area contributed by atoms with Gasteiger partial charge in [0.15, 0.2) is 4.34 Å². The molecule has 2 aromatic rings. The number of benzene rings is 1. The summed E-state index contributed by atoms with van der Waals surface area (Å²) in [5.41, 5.74) is 0.990. The monoisotopic (exact) mass is 407 g/mol. The normalized spacial score (nSPS) is 13.2. The Morgan fingerprint density at radius 3 is 2.89 bits per heavy atom. The number of nitrogens with one attached hydrogen (secondary N) is 3. The van der Waals surface area contributed by atoms with E-state index in [0.29, 0.717) is 33.9 Å². The van der Waals surface area contributed by atoms with Crippen molar-refractivity contribution in [2.24, 2.45) is 0 Å². The first-order chi connectivity index (χ1) is 13.2. The van der Waals surface area contributed by atoms with E-state index in [1.165, 1.54) is 23.1 Å². The second-order valence-electron chi connectivity index (χ2n) is 5.92. The van der Waals surface area contributed by atoms with Crippen LogP contribution in [0.2, 0.25) is 0 Å². The fraction of sp³-hybridized carbons (Fsp3) is 0.412.